The highest BCUT2D eigenvalue weighted by Gasteiger charge is 2.22. The van der Waals surface area contributed by atoms with Gasteiger partial charge in [-0.2, -0.15) is 0 Å². The second-order valence-corrected chi connectivity index (χ2v) is 8.54. The molecule has 1 aromatic heterocycles. The van der Waals surface area contributed by atoms with Crippen LogP contribution in [0, 0.1) is 5.92 Å². The van der Waals surface area contributed by atoms with Crippen LogP contribution in [-0.4, -0.2) is 42.1 Å². The van der Waals surface area contributed by atoms with E-state index in [1.165, 1.54) is 11.8 Å². The first-order chi connectivity index (χ1) is 12.7. The zero-order chi connectivity index (χ0) is 18.4. The standard InChI is InChI=1S/C19H23N3O2S2/c20-12-14-7-9-22(10-8-14)19(24)15-3-5-16(6-4-15)21-17(23)13-26-18-2-1-11-25-18/h1-6,11,14H,7-10,12-13,20H2,(H,21,23). The van der Waals surface area contributed by atoms with Crippen LogP contribution in [-0.2, 0) is 4.79 Å². The number of nitrogens with zero attached hydrogens (tertiary/aromatic N) is 1. The van der Waals surface area contributed by atoms with E-state index in [0.29, 0.717) is 29.5 Å². The number of nitrogens with two attached hydrogens (primary N) is 1. The lowest BCUT2D eigenvalue weighted by molar-refractivity contribution is -0.113. The summed E-state index contributed by atoms with van der Waals surface area (Å²) >= 11 is 3.15. The van der Waals surface area contributed by atoms with E-state index in [1.807, 2.05) is 22.4 Å². The number of carbonyl (C=O) groups is 2. The molecule has 0 saturated carbocycles. The maximum absolute atomic E-state index is 12.6. The first-order valence-corrected chi connectivity index (χ1v) is 10.6. The summed E-state index contributed by atoms with van der Waals surface area (Å²) in [6, 6.07) is 11.1. The van der Waals surface area contributed by atoms with Gasteiger partial charge in [-0.1, -0.05) is 6.07 Å². The lowest BCUT2D eigenvalue weighted by Crippen LogP contribution is -2.40. The van der Waals surface area contributed by atoms with Gasteiger partial charge >= 0.3 is 0 Å². The van der Waals surface area contributed by atoms with Crippen LogP contribution in [0.15, 0.2) is 46.0 Å². The fourth-order valence-electron chi connectivity index (χ4n) is 2.93. The Morgan fingerprint density at radius 2 is 1.92 bits per heavy atom. The van der Waals surface area contributed by atoms with Crippen molar-refractivity contribution in [2.45, 2.75) is 17.1 Å². The van der Waals surface area contributed by atoms with Crippen LogP contribution in [0.1, 0.15) is 23.2 Å². The van der Waals surface area contributed by atoms with Crippen LogP contribution in [0.25, 0.3) is 0 Å². The molecule has 0 atom stereocenters. The number of amides is 2. The highest BCUT2D eigenvalue weighted by atomic mass is 32.2. The Kier molecular flexibility index (Phi) is 6.71. The normalized spacial score (nSPS) is 15.0. The average molecular weight is 390 g/mol. The van der Waals surface area contributed by atoms with Crippen molar-refractivity contribution < 1.29 is 9.59 Å². The predicted molar refractivity (Wildman–Crippen MR) is 108 cm³/mol. The fourth-order valence-corrected chi connectivity index (χ4v) is 4.51. The molecule has 1 aliphatic heterocycles. The van der Waals surface area contributed by atoms with Crippen LogP contribution < -0.4 is 11.1 Å². The van der Waals surface area contributed by atoms with Crippen molar-refractivity contribution >= 4 is 40.6 Å². The van der Waals surface area contributed by atoms with Crippen LogP contribution in [0.2, 0.25) is 0 Å². The molecule has 0 bridgehead atoms. The Hall–Kier alpha value is -1.83. The molecule has 1 aliphatic rings. The predicted octanol–water partition coefficient (Wildman–Crippen LogP) is 3.29. The van der Waals surface area contributed by atoms with E-state index in [0.717, 1.165) is 30.1 Å². The summed E-state index contributed by atoms with van der Waals surface area (Å²) in [5.41, 5.74) is 7.07. The number of hydrogen-bond acceptors (Lipinski definition) is 5. The van der Waals surface area contributed by atoms with E-state index in [2.05, 4.69) is 5.32 Å². The van der Waals surface area contributed by atoms with E-state index in [9.17, 15) is 9.59 Å². The van der Waals surface area contributed by atoms with Crippen molar-refractivity contribution in [1.29, 1.82) is 0 Å². The lowest BCUT2D eigenvalue weighted by Gasteiger charge is -2.31. The van der Waals surface area contributed by atoms with Crippen molar-refractivity contribution in [3.8, 4) is 0 Å². The number of benzene rings is 1. The average Bonchev–Trinajstić information content (AvgIpc) is 3.20. The minimum atomic E-state index is -0.0497. The van der Waals surface area contributed by atoms with Gasteiger partial charge in [-0.05, 0) is 61.0 Å². The van der Waals surface area contributed by atoms with Gasteiger partial charge in [0, 0.05) is 24.3 Å². The van der Waals surface area contributed by atoms with Crippen molar-refractivity contribution in [2.24, 2.45) is 11.7 Å². The fraction of sp³-hybridized carbons (Fsp3) is 0.368. The van der Waals surface area contributed by atoms with Crippen molar-refractivity contribution in [1.82, 2.24) is 4.90 Å². The van der Waals surface area contributed by atoms with E-state index < -0.39 is 0 Å². The summed E-state index contributed by atoms with van der Waals surface area (Å²) in [4.78, 5) is 26.5. The topological polar surface area (TPSA) is 75.4 Å². The third kappa shape index (κ3) is 5.09. The molecule has 3 rings (SSSR count). The number of hydrogen-bond donors (Lipinski definition) is 2. The van der Waals surface area contributed by atoms with Crippen LogP contribution in [0.5, 0.6) is 0 Å². The van der Waals surface area contributed by atoms with E-state index in [4.69, 9.17) is 5.73 Å². The second kappa shape index (κ2) is 9.21. The Balaban J connectivity index is 1.49. The first kappa shape index (κ1) is 18.9. The number of thiophene rings is 1. The molecular formula is C19H23N3O2S2. The Labute approximate surface area is 162 Å². The quantitative estimate of drug-likeness (QED) is 0.744. The number of nitrogens with one attached hydrogen (secondary N) is 1. The summed E-state index contributed by atoms with van der Waals surface area (Å²) in [6.07, 6.45) is 1.94. The van der Waals surface area contributed by atoms with Gasteiger partial charge in [0.2, 0.25) is 5.91 Å². The molecule has 3 N–H and O–H groups in total. The van der Waals surface area contributed by atoms with E-state index in [1.54, 1.807) is 35.6 Å². The zero-order valence-corrected chi connectivity index (χ0v) is 16.2. The molecule has 0 aliphatic carbocycles. The Morgan fingerprint density at radius 3 is 2.54 bits per heavy atom. The SMILES string of the molecule is NCC1CCN(C(=O)c2ccc(NC(=O)CSc3cccs3)cc2)CC1. The molecule has 1 saturated heterocycles. The molecule has 138 valence electrons. The number of likely N-dealkylation sites (tertiary alicyclic amines) is 1. The Morgan fingerprint density at radius 1 is 1.19 bits per heavy atom. The minimum Gasteiger partial charge on any atom is -0.339 e. The first-order valence-electron chi connectivity index (χ1n) is 8.71. The molecule has 1 aromatic carbocycles. The second-order valence-electron chi connectivity index (χ2n) is 6.32. The van der Waals surface area contributed by atoms with Crippen LogP contribution in [0.3, 0.4) is 0 Å². The Bertz CT molecular complexity index is 724. The third-order valence-electron chi connectivity index (χ3n) is 4.49. The van der Waals surface area contributed by atoms with Gasteiger partial charge in [0.1, 0.15) is 0 Å². The van der Waals surface area contributed by atoms with Crippen molar-refractivity contribution in [3.05, 3.63) is 47.3 Å². The molecular weight excluding hydrogens is 366 g/mol. The molecule has 2 amide bonds. The van der Waals surface area contributed by atoms with Gasteiger partial charge in [-0.25, -0.2) is 0 Å². The largest absolute Gasteiger partial charge is 0.339 e. The summed E-state index contributed by atoms with van der Waals surface area (Å²) in [6.45, 7) is 2.22. The maximum atomic E-state index is 12.6. The summed E-state index contributed by atoms with van der Waals surface area (Å²) in [7, 11) is 0. The molecule has 0 unspecified atom stereocenters. The molecule has 5 nitrogen and oxygen atoms in total. The molecule has 1 fully saturated rings. The molecule has 2 heterocycles. The highest BCUT2D eigenvalue weighted by molar-refractivity contribution is 8.01. The third-order valence-corrected chi connectivity index (χ3v) is 6.62. The molecule has 26 heavy (non-hydrogen) atoms. The van der Waals surface area contributed by atoms with Gasteiger partial charge in [0.05, 0.1) is 9.96 Å². The molecule has 0 radical (unpaired) electrons. The smallest absolute Gasteiger partial charge is 0.253 e. The molecule has 2 aromatic rings. The summed E-state index contributed by atoms with van der Waals surface area (Å²) in [5, 5.41) is 4.86. The summed E-state index contributed by atoms with van der Waals surface area (Å²) < 4.78 is 1.12. The molecule has 0 spiro atoms. The van der Waals surface area contributed by atoms with Gasteiger partial charge < -0.3 is 16.0 Å². The number of carbonyl (C=O) groups excluding carboxylic acids is 2. The highest BCUT2D eigenvalue weighted by Crippen LogP contribution is 2.23. The number of piperidine rings is 1. The van der Waals surface area contributed by atoms with Gasteiger partial charge in [-0.15, -0.1) is 23.1 Å². The molecule has 7 heteroatoms. The maximum Gasteiger partial charge on any atom is 0.253 e. The van der Waals surface area contributed by atoms with Gasteiger partial charge in [-0.3, -0.25) is 9.59 Å². The van der Waals surface area contributed by atoms with Crippen LogP contribution in [0.4, 0.5) is 5.69 Å². The van der Waals surface area contributed by atoms with Crippen molar-refractivity contribution in [3.63, 3.8) is 0 Å². The number of rotatable bonds is 6. The van der Waals surface area contributed by atoms with Crippen LogP contribution >= 0.6 is 23.1 Å². The van der Waals surface area contributed by atoms with E-state index >= 15 is 0 Å². The monoisotopic (exact) mass is 389 g/mol. The number of anilines is 1. The lowest BCUT2D eigenvalue weighted by atomic mass is 9.96. The minimum absolute atomic E-state index is 0.0478. The van der Waals surface area contributed by atoms with E-state index in [-0.39, 0.29) is 11.8 Å². The van der Waals surface area contributed by atoms with Gasteiger partial charge in [0.25, 0.3) is 5.91 Å². The van der Waals surface area contributed by atoms with Crippen molar-refractivity contribution in [2.75, 3.05) is 30.7 Å². The zero-order valence-electron chi connectivity index (χ0n) is 14.5. The summed E-state index contributed by atoms with van der Waals surface area (Å²) in [5.74, 6) is 0.902. The number of thioether (sulfide) groups is 1. The van der Waals surface area contributed by atoms with Gasteiger partial charge in [0.15, 0.2) is 0 Å².